The van der Waals surface area contributed by atoms with Gasteiger partial charge in [-0.1, -0.05) is 54.6 Å². The van der Waals surface area contributed by atoms with E-state index < -0.39 is 95.3 Å². The number of ether oxygens (including phenoxy) is 7. The lowest BCUT2D eigenvalue weighted by atomic mass is 9.98. The highest BCUT2D eigenvalue weighted by Crippen LogP contribution is 2.33. The van der Waals surface area contributed by atoms with E-state index in [4.69, 9.17) is 45.4 Å². The van der Waals surface area contributed by atoms with Crippen molar-refractivity contribution in [2.24, 2.45) is 0 Å². The van der Waals surface area contributed by atoms with Gasteiger partial charge in [0.25, 0.3) is 0 Å². The molecule has 0 aromatic heterocycles. The molecule has 0 spiro atoms. The summed E-state index contributed by atoms with van der Waals surface area (Å²) in [7, 11) is 1.16. The third kappa shape index (κ3) is 8.48. The molecule has 1 aliphatic heterocycles. The molecule has 16 heteroatoms. The fourth-order valence-electron chi connectivity index (χ4n) is 4.84. The molecule has 0 saturated carbocycles. The van der Waals surface area contributed by atoms with E-state index >= 15 is 0 Å². The van der Waals surface area contributed by atoms with E-state index in [2.05, 4.69) is 0 Å². The molecule has 0 amide bonds. The Hall–Kier alpha value is -5.45. The summed E-state index contributed by atoms with van der Waals surface area (Å²) in [6, 6.07) is 22.7. The van der Waals surface area contributed by atoms with Gasteiger partial charge in [-0.3, -0.25) is 0 Å². The van der Waals surface area contributed by atoms with Crippen LogP contribution < -0.4 is 4.74 Å². The highest BCUT2D eigenvalue weighted by atomic mass is 32.1. The summed E-state index contributed by atoms with van der Waals surface area (Å²) < 4.78 is 109. The lowest BCUT2D eigenvalue weighted by Gasteiger charge is -2.44. The number of thiocarbonyl (C=S) groups is 1. The molecular formula is C35H25F5O10S. The molecule has 1 fully saturated rings. The van der Waals surface area contributed by atoms with E-state index in [1.54, 1.807) is 42.5 Å². The summed E-state index contributed by atoms with van der Waals surface area (Å²) in [5.74, 6) is -16.4. The second kappa shape index (κ2) is 16.5. The number of methoxy groups -OCH3 is 1. The largest absolute Gasteiger partial charge is 0.459 e. The number of esters is 3. The second-order valence-electron chi connectivity index (χ2n) is 10.5. The maximum Gasteiger partial charge on any atom is 0.358 e. The summed E-state index contributed by atoms with van der Waals surface area (Å²) >= 11 is 4.98. The molecule has 0 radical (unpaired) electrons. The van der Waals surface area contributed by atoms with Crippen LogP contribution in [-0.4, -0.2) is 67.6 Å². The fraction of sp³-hybridized carbons (Fsp3) is 0.200. The zero-order valence-corrected chi connectivity index (χ0v) is 27.0. The van der Waals surface area contributed by atoms with E-state index in [1.165, 1.54) is 48.5 Å². The van der Waals surface area contributed by atoms with Gasteiger partial charge < -0.3 is 33.2 Å². The molecule has 4 aromatic carbocycles. The Morgan fingerprint density at radius 1 is 0.608 bits per heavy atom. The summed E-state index contributed by atoms with van der Waals surface area (Å²) in [6.07, 6.45) is -8.38. The van der Waals surface area contributed by atoms with Gasteiger partial charge in [0.1, 0.15) is 12.7 Å². The van der Waals surface area contributed by atoms with Crippen LogP contribution in [0.5, 0.6) is 5.75 Å². The van der Waals surface area contributed by atoms with Crippen LogP contribution in [0.2, 0.25) is 0 Å². The van der Waals surface area contributed by atoms with E-state index in [1.807, 2.05) is 0 Å². The standard InChI is InChI=1S/C35H25F5O10S/c1-44-34-30(48-33(43)20-15-9-4-10-16-20)29(47-32(42)19-13-7-3-8-14-19)27(21(46-34)17-45-31(41)18-11-5-2-6-12-18)49-35(51)50-28-25(39)23(37)22(36)24(38)26(28)40/h2-16,21,27,29-30,34H,17H2,1H3/t21-,27+,29+,30-,34+/m1/s1. The second-order valence-corrected chi connectivity index (χ2v) is 10.9. The lowest BCUT2D eigenvalue weighted by Crippen LogP contribution is -2.63. The first-order valence-electron chi connectivity index (χ1n) is 14.8. The lowest BCUT2D eigenvalue weighted by molar-refractivity contribution is -0.290. The van der Waals surface area contributed by atoms with Crippen molar-refractivity contribution in [2.75, 3.05) is 13.7 Å². The molecule has 0 bridgehead atoms. The van der Waals surface area contributed by atoms with Gasteiger partial charge in [0.2, 0.25) is 34.8 Å². The van der Waals surface area contributed by atoms with Gasteiger partial charge in [-0.15, -0.1) is 0 Å². The Morgan fingerprint density at radius 2 is 1.04 bits per heavy atom. The minimum atomic E-state index is -2.45. The van der Waals surface area contributed by atoms with Gasteiger partial charge in [-0.05, 0) is 36.4 Å². The van der Waals surface area contributed by atoms with Gasteiger partial charge >= 0.3 is 23.1 Å². The number of hydrogen-bond acceptors (Lipinski definition) is 11. The summed E-state index contributed by atoms with van der Waals surface area (Å²) in [6.45, 7) is -0.692. The maximum absolute atomic E-state index is 14.5. The smallest absolute Gasteiger partial charge is 0.358 e. The molecule has 0 aliphatic carbocycles. The molecule has 1 saturated heterocycles. The minimum Gasteiger partial charge on any atom is -0.459 e. The summed E-state index contributed by atoms with van der Waals surface area (Å²) in [5, 5.41) is -1.25. The van der Waals surface area contributed by atoms with Crippen molar-refractivity contribution in [2.45, 2.75) is 30.7 Å². The molecule has 1 heterocycles. The van der Waals surface area contributed by atoms with Crippen molar-refractivity contribution in [3.05, 3.63) is 137 Å². The van der Waals surface area contributed by atoms with Crippen LogP contribution in [0.25, 0.3) is 0 Å². The van der Waals surface area contributed by atoms with Crippen LogP contribution in [0, 0.1) is 29.1 Å². The first kappa shape index (κ1) is 36.8. The molecule has 266 valence electrons. The van der Waals surface area contributed by atoms with E-state index in [0.29, 0.717) is 0 Å². The normalized spacial score (nSPS) is 19.8. The molecule has 51 heavy (non-hydrogen) atoms. The molecule has 1 aliphatic rings. The number of carbonyl (C=O) groups is 3. The van der Waals surface area contributed by atoms with Crippen molar-refractivity contribution in [1.29, 1.82) is 0 Å². The van der Waals surface area contributed by atoms with Crippen molar-refractivity contribution in [1.82, 2.24) is 0 Å². The topological polar surface area (TPSA) is 116 Å². The van der Waals surface area contributed by atoms with Crippen LogP contribution in [0.4, 0.5) is 22.0 Å². The number of carbonyl (C=O) groups excluding carboxylic acids is 3. The Bertz CT molecular complexity index is 1860. The number of benzene rings is 4. The van der Waals surface area contributed by atoms with Gasteiger partial charge in [-0.25, -0.2) is 27.6 Å². The Balaban J connectivity index is 1.53. The average Bonchev–Trinajstić information content (AvgIpc) is 3.16. The van der Waals surface area contributed by atoms with E-state index in [0.717, 1.165) is 7.11 Å². The molecule has 0 unspecified atom stereocenters. The Labute approximate surface area is 291 Å². The van der Waals surface area contributed by atoms with Crippen LogP contribution in [0.15, 0.2) is 91.0 Å². The number of hydrogen-bond donors (Lipinski definition) is 0. The molecule has 5 rings (SSSR count). The summed E-state index contributed by atoms with van der Waals surface area (Å²) in [4.78, 5) is 39.5. The molecule has 10 nitrogen and oxygen atoms in total. The van der Waals surface area contributed by atoms with Crippen molar-refractivity contribution >= 4 is 35.4 Å². The maximum atomic E-state index is 14.5. The zero-order chi connectivity index (χ0) is 36.7. The molecule has 5 atom stereocenters. The monoisotopic (exact) mass is 732 g/mol. The third-order valence-electron chi connectivity index (χ3n) is 7.30. The first-order valence-corrected chi connectivity index (χ1v) is 15.2. The van der Waals surface area contributed by atoms with Gasteiger partial charge in [-0.2, -0.15) is 8.78 Å². The first-order chi connectivity index (χ1) is 24.5. The van der Waals surface area contributed by atoms with Gasteiger partial charge in [0.05, 0.1) is 16.7 Å². The molecule has 4 aromatic rings. The van der Waals surface area contributed by atoms with Gasteiger partial charge in [0.15, 0.2) is 24.6 Å². The van der Waals surface area contributed by atoms with Crippen molar-refractivity contribution in [3.63, 3.8) is 0 Å². The third-order valence-corrected chi connectivity index (χ3v) is 7.48. The van der Waals surface area contributed by atoms with Crippen LogP contribution in [-0.2, 0) is 28.4 Å². The quantitative estimate of drug-likeness (QED) is 0.0470. The SMILES string of the molecule is CO[C@H]1O[C@H](COC(=O)c2ccccc2)[C@H](OC(=S)Oc2c(F)c(F)c(F)c(F)c2F)[C@H](OC(=O)c2ccccc2)[C@H]1OC(=O)c1ccccc1. The van der Waals surface area contributed by atoms with E-state index in [9.17, 15) is 36.3 Å². The zero-order valence-electron chi connectivity index (χ0n) is 26.1. The summed E-state index contributed by atoms with van der Waals surface area (Å²) in [5.41, 5.74) is 0.195. The van der Waals surface area contributed by atoms with E-state index in [-0.39, 0.29) is 16.7 Å². The molecule has 0 N–H and O–H groups in total. The van der Waals surface area contributed by atoms with Crippen molar-refractivity contribution in [3.8, 4) is 5.75 Å². The van der Waals surface area contributed by atoms with Crippen LogP contribution in [0.3, 0.4) is 0 Å². The highest BCUT2D eigenvalue weighted by Gasteiger charge is 2.53. The average molecular weight is 733 g/mol. The van der Waals surface area contributed by atoms with Crippen molar-refractivity contribution < 1.29 is 69.5 Å². The molecular weight excluding hydrogens is 707 g/mol. The van der Waals surface area contributed by atoms with Crippen LogP contribution in [0.1, 0.15) is 31.1 Å². The predicted molar refractivity (Wildman–Crippen MR) is 168 cm³/mol. The fourth-order valence-corrected chi connectivity index (χ4v) is 5.04. The Kier molecular flexibility index (Phi) is 11.9. The van der Waals surface area contributed by atoms with Gasteiger partial charge in [0, 0.05) is 19.3 Å². The number of rotatable bonds is 10. The number of halogens is 5. The minimum absolute atomic E-state index is 0.0112. The highest BCUT2D eigenvalue weighted by molar-refractivity contribution is 7.79. The van der Waals surface area contributed by atoms with Crippen LogP contribution >= 0.6 is 12.2 Å². The predicted octanol–water partition coefficient (Wildman–Crippen LogP) is 6.11. The Morgan fingerprint density at radius 3 is 1.51 bits per heavy atom.